The Labute approximate surface area is 262 Å². The Morgan fingerprint density at radius 3 is 2.47 bits per heavy atom. The van der Waals surface area contributed by atoms with E-state index in [1.54, 1.807) is 23.1 Å². The second-order valence-electron chi connectivity index (χ2n) is 11.3. The Morgan fingerprint density at radius 1 is 1.07 bits per heavy atom. The van der Waals surface area contributed by atoms with Crippen LogP contribution >= 0.6 is 11.6 Å². The van der Waals surface area contributed by atoms with Gasteiger partial charge in [-0.15, -0.1) is 0 Å². The summed E-state index contributed by atoms with van der Waals surface area (Å²) in [7, 11) is 0. The molecule has 1 atom stereocenters. The molecule has 2 fully saturated rings. The molecule has 0 aliphatic carbocycles. The number of halogens is 4. The van der Waals surface area contributed by atoms with Gasteiger partial charge in [-0.1, -0.05) is 30.3 Å². The van der Waals surface area contributed by atoms with Crippen molar-refractivity contribution in [2.45, 2.75) is 57.4 Å². The number of rotatable bonds is 7. The van der Waals surface area contributed by atoms with Crippen LogP contribution in [-0.4, -0.2) is 65.1 Å². The summed E-state index contributed by atoms with van der Waals surface area (Å²) in [5.74, 6) is -1.58. The summed E-state index contributed by atoms with van der Waals surface area (Å²) in [5.41, 5.74) is 0.737. The molecular formula is C31H31ClF3N5O5. The highest BCUT2D eigenvalue weighted by Crippen LogP contribution is 2.37. The van der Waals surface area contributed by atoms with Gasteiger partial charge in [-0.25, -0.2) is 4.79 Å². The Balaban J connectivity index is 1.31. The van der Waals surface area contributed by atoms with Gasteiger partial charge in [0.25, 0.3) is 11.8 Å². The van der Waals surface area contributed by atoms with Crippen LogP contribution in [0.3, 0.4) is 0 Å². The Hall–Kier alpha value is -4.39. The fourth-order valence-corrected chi connectivity index (χ4v) is 6.05. The second-order valence-corrected chi connectivity index (χ2v) is 11.7. The van der Waals surface area contributed by atoms with Crippen molar-refractivity contribution in [1.82, 2.24) is 20.4 Å². The number of imide groups is 1. The zero-order chi connectivity index (χ0) is 32.5. The lowest BCUT2D eigenvalue weighted by atomic mass is 10.0. The smallest absolute Gasteiger partial charge is 0.339 e. The zero-order valence-corrected chi connectivity index (χ0v) is 25.0. The highest BCUT2D eigenvalue weighted by molar-refractivity contribution is 6.31. The third kappa shape index (κ3) is 6.98. The number of nitrogens with zero attached hydrogens (tertiary/aromatic N) is 3. The molecule has 0 aromatic heterocycles. The summed E-state index contributed by atoms with van der Waals surface area (Å²) in [5, 5.41) is 4.38. The van der Waals surface area contributed by atoms with E-state index in [1.165, 1.54) is 4.90 Å². The highest BCUT2D eigenvalue weighted by Gasteiger charge is 2.39. The van der Waals surface area contributed by atoms with Gasteiger partial charge in [-0.05, 0) is 61.1 Å². The summed E-state index contributed by atoms with van der Waals surface area (Å²) >= 11 is 5.96. The topological polar surface area (TPSA) is 119 Å². The van der Waals surface area contributed by atoms with Crippen LogP contribution in [0.15, 0.2) is 48.6 Å². The number of nitrogens with one attached hydrogen (secondary N) is 2. The third-order valence-electron chi connectivity index (χ3n) is 8.14. The number of amides is 6. The van der Waals surface area contributed by atoms with Gasteiger partial charge in [-0.2, -0.15) is 13.2 Å². The minimum atomic E-state index is -4.70. The molecule has 0 saturated carbocycles. The molecule has 1 unspecified atom stereocenters. The van der Waals surface area contributed by atoms with E-state index >= 15 is 0 Å². The summed E-state index contributed by atoms with van der Waals surface area (Å²) in [6, 6.07) is 6.39. The first-order valence-electron chi connectivity index (χ1n) is 14.5. The molecule has 0 bridgehead atoms. The number of carbonyl (C=O) groups excluding carboxylic acids is 5. The van der Waals surface area contributed by atoms with E-state index < -0.39 is 34.7 Å². The van der Waals surface area contributed by atoms with Gasteiger partial charge >= 0.3 is 12.2 Å². The van der Waals surface area contributed by atoms with Gasteiger partial charge in [0.15, 0.2) is 0 Å². The lowest BCUT2D eigenvalue weighted by Gasteiger charge is -2.30. The van der Waals surface area contributed by atoms with Crippen LogP contribution in [0.4, 0.5) is 23.7 Å². The van der Waals surface area contributed by atoms with Crippen molar-refractivity contribution in [2.75, 3.05) is 24.5 Å². The molecule has 0 spiro atoms. The minimum absolute atomic E-state index is 0.0177. The fraction of sp³-hybridized carbons (Fsp3) is 0.387. The molecule has 6 amide bonds. The van der Waals surface area contributed by atoms with Crippen LogP contribution in [0.2, 0.25) is 5.02 Å². The number of hydrogen-bond acceptors (Lipinski definition) is 5. The van der Waals surface area contributed by atoms with Gasteiger partial charge in [0.05, 0.1) is 17.1 Å². The van der Waals surface area contributed by atoms with Crippen LogP contribution in [0, 0.1) is 0 Å². The van der Waals surface area contributed by atoms with Crippen molar-refractivity contribution in [3.8, 4) is 0 Å². The molecule has 2 N–H and O–H groups in total. The molecule has 5 rings (SSSR count). The molecule has 3 aliphatic rings. The van der Waals surface area contributed by atoms with Crippen molar-refractivity contribution in [1.29, 1.82) is 0 Å². The maximum Gasteiger partial charge on any atom is 0.417 e. The molecular weight excluding hydrogens is 615 g/mol. The molecule has 3 aliphatic heterocycles. The van der Waals surface area contributed by atoms with Crippen LogP contribution in [0.25, 0.3) is 0 Å². The Morgan fingerprint density at radius 2 is 1.80 bits per heavy atom. The number of benzene rings is 2. The molecule has 2 saturated heterocycles. The molecule has 238 valence electrons. The number of carbonyl (C=O) groups is 5. The van der Waals surface area contributed by atoms with Gasteiger partial charge in [-0.3, -0.25) is 29.4 Å². The van der Waals surface area contributed by atoms with Gasteiger partial charge in [0, 0.05) is 49.4 Å². The Bertz CT molecular complexity index is 1570. The maximum absolute atomic E-state index is 13.5. The SMILES string of the molecule is C=C(CN(C(=O)NCc1ccc2c(c1)CN(C1CCC(=O)NC1=O)C2=O)c1ccc(C(F)(F)F)c(Cl)c1)C(=O)N1CCCCC1. The van der Waals surface area contributed by atoms with E-state index in [2.05, 4.69) is 17.2 Å². The summed E-state index contributed by atoms with van der Waals surface area (Å²) in [6.07, 6.45) is -1.65. The predicted molar refractivity (Wildman–Crippen MR) is 158 cm³/mol. The lowest BCUT2D eigenvalue weighted by Crippen LogP contribution is -2.52. The van der Waals surface area contributed by atoms with E-state index in [9.17, 15) is 37.1 Å². The number of piperidine rings is 2. The molecule has 14 heteroatoms. The minimum Gasteiger partial charge on any atom is -0.339 e. The van der Waals surface area contributed by atoms with E-state index in [-0.39, 0.29) is 61.5 Å². The van der Waals surface area contributed by atoms with Crippen molar-refractivity contribution < 1.29 is 37.1 Å². The molecule has 10 nitrogen and oxygen atoms in total. The van der Waals surface area contributed by atoms with Crippen LogP contribution in [0.5, 0.6) is 0 Å². The first-order chi connectivity index (χ1) is 21.3. The van der Waals surface area contributed by atoms with Crippen molar-refractivity contribution >= 4 is 46.9 Å². The fourth-order valence-electron chi connectivity index (χ4n) is 5.77. The van der Waals surface area contributed by atoms with Gasteiger partial charge < -0.3 is 15.1 Å². The van der Waals surface area contributed by atoms with E-state index in [1.807, 2.05) is 0 Å². The molecule has 3 heterocycles. The zero-order valence-electron chi connectivity index (χ0n) is 24.2. The van der Waals surface area contributed by atoms with Crippen LogP contribution < -0.4 is 15.5 Å². The first-order valence-corrected chi connectivity index (χ1v) is 14.9. The number of anilines is 1. The predicted octanol–water partition coefficient (Wildman–Crippen LogP) is 4.40. The van der Waals surface area contributed by atoms with Gasteiger partial charge in [0.1, 0.15) is 6.04 Å². The average Bonchev–Trinajstić information content (AvgIpc) is 3.32. The first kappa shape index (κ1) is 32.0. The standard InChI is InChI=1S/C31H31ClF3N5O5/c1-18(28(43)38-11-3-2-4-12-38)16-39(21-6-8-23(24(32)14-21)31(33,34)35)30(45)36-15-19-5-7-22-20(13-19)17-40(29(22)44)25-9-10-26(41)37-27(25)42/h5-8,13-14,25H,1-4,9-12,15-17H2,(H,36,45)(H,37,41,42). The van der Waals surface area contributed by atoms with Crippen LogP contribution in [0.1, 0.15) is 59.2 Å². The maximum atomic E-state index is 13.5. The average molecular weight is 646 g/mol. The normalized spacial score (nSPS) is 18.4. The summed E-state index contributed by atoms with van der Waals surface area (Å²) < 4.78 is 40.1. The lowest BCUT2D eigenvalue weighted by molar-refractivity contribution is -0.138. The summed E-state index contributed by atoms with van der Waals surface area (Å²) in [4.78, 5) is 67.6. The molecule has 0 radical (unpaired) electrons. The quantitative estimate of drug-likeness (QED) is 0.342. The molecule has 45 heavy (non-hydrogen) atoms. The number of hydrogen-bond donors (Lipinski definition) is 2. The van der Waals surface area contributed by atoms with E-state index in [0.717, 1.165) is 42.4 Å². The Kier molecular flexibility index (Phi) is 9.19. The number of fused-ring (bicyclic) bond motifs is 1. The van der Waals surface area contributed by atoms with Crippen molar-refractivity contribution in [3.05, 3.63) is 75.8 Å². The number of urea groups is 1. The van der Waals surface area contributed by atoms with E-state index in [4.69, 9.17) is 11.6 Å². The highest BCUT2D eigenvalue weighted by atomic mass is 35.5. The second kappa shape index (κ2) is 12.9. The third-order valence-corrected chi connectivity index (χ3v) is 8.45. The van der Waals surface area contributed by atoms with E-state index in [0.29, 0.717) is 29.8 Å². The molecule has 2 aromatic rings. The van der Waals surface area contributed by atoms with Crippen molar-refractivity contribution in [2.24, 2.45) is 0 Å². The largest absolute Gasteiger partial charge is 0.417 e. The molecule has 2 aromatic carbocycles. The summed E-state index contributed by atoms with van der Waals surface area (Å²) in [6.45, 7) is 4.82. The monoisotopic (exact) mass is 645 g/mol. The van der Waals surface area contributed by atoms with Crippen molar-refractivity contribution in [3.63, 3.8) is 0 Å². The number of alkyl halides is 3. The number of likely N-dealkylation sites (tertiary alicyclic amines) is 1. The van der Waals surface area contributed by atoms with Crippen LogP contribution in [-0.2, 0) is 33.6 Å². The van der Waals surface area contributed by atoms with Gasteiger partial charge in [0.2, 0.25) is 11.8 Å².